The van der Waals surface area contributed by atoms with E-state index in [-0.39, 0.29) is 0 Å². The molecule has 3 aromatic rings. The number of nitrogens with zero attached hydrogens (tertiary/aromatic N) is 8. The number of anilines is 1. The minimum atomic E-state index is 0.566. The highest BCUT2D eigenvalue weighted by Crippen LogP contribution is 2.22. The average Bonchev–Trinajstić information content (AvgIpc) is 3.25. The molecule has 0 spiro atoms. The molecule has 0 saturated heterocycles. The van der Waals surface area contributed by atoms with E-state index in [1.807, 2.05) is 12.3 Å². The first-order chi connectivity index (χ1) is 11.3. The van der Waals surface area contributed by atoms with Gasteiger partial charge in [-0.15, -0.1) is 0 Å². The summed E-state index contributed by atoms with van der Waals surface area (Å²) in [5, 5.41) is 4.14. The van der Waals surface area contributed by atoms with Crippen LogP contribution in [0.1, 0.15) is 11.5 Å². The van der Waals surface area contributed by atoms with Crippen LogP contribution in [0, 0.1) is 0 Å². The van der Waals surface area contributed by atoms with Crippen LogP contribution in [0.2, 0.25) is 0 Å². The SMILES string of the molecule is COc1cc(N2CCn3c(Cn4cncn4)cnc3C2)ncn1. The smallest absolute Gasteiger partial charge is 0.218 e. The molecule has 9 heteroatoms. The molecule has 0 N–H and O–H groups in total. The Kier molecular flexibility index (Phi) is 3.37. The first-order valence-corrected chi connectivity index (χ1v) is 7.30. The largest absolute Gasteiger partial charge is 0.481 e. The van der Waals surface area contributed by atoms with Gasteiger partial charge in [0.2, 0.25) is 5.88 Å². The van der Waals surface area contributed by atoms with Crippen molar-refractivity contribution in [1.82, 2.24) is 34.3 Å². The van der Waals surface area contributed by atoms with Crippen molar-refractivity contribution < 1.29 is 4.74 Å². The van der Waals surface area contributed by atoms with Crippen LogP contribution in [0.4, 0.5) is 5.82 Å². The zero-order valence-corrected chi connectivity index (χ0v) is 12.7. The van der Waals surface area contributed by atoms with E-state index in [4.69, 9.17) is 4.74 Å². The molecule has 1 aliphatic heterocycles. The molecule has 4 rings (SSSR count). The van der Waals surface area contributed by atoms with E-state index >= 15 is 0 Å². The van der Waals surface area contributed by atoms with Crippen LogP contribution in [-0.4, -0.2) is 47.9 Å². The lowest BCUT2D eigenvalue weighted by Crippen LogP contribution is -2.35. The Morgan fingerprint density at radius 3 is 2.96 bits per heavy atom. The molecule has 1 aliphatic rings. The summed E-state index contributed by atoms with van der Waals surface area (Å²) >= 11 is 0. The minimum absolute atomic E-state index is 0.566. The molecule has 0 fully saturated rings. The summed E-state index contributed by atoms with van der Waals surface area (Å²) in [6, 6.07) is 1.84. The Morgan fingerprint density at radius 1 is 1.17 bits per heavy atom. The lowest BCUT2D eigenvalue weighted by molar-refractivity contribution is 0.396. The molecule has 0 atom stereocenters. The lowest BCUT2D eigenvalue weighted by Gasteiger charge is -2.29. The van der Waals surface area contributed by atoms with Gasteiger partial charge in [-0.1, -0.05) is 0 Å². The van der Waals surface area contributed by atoms with E-state index in [1.165, 1.54) is 12.7 Å². The van der Waals surface area contributed by atoms with Crippen LogP contribution in [0.15, 0.2) is 31.2 Å². The predicted molar refractivity (Wildman–Crippen MR) is 81.0 cm³/mol. The Hall–Kier alpha value is -2.97. The average molecular weight is 312 g/mol. The molecule has 118 valence electrons. The van der Waals surface area contributed by atoms with Crippen molar-refractivity contribution in [2.24, 2.45) is 0 Å². The monoisotopic (exact) mass is 312 g/mol. The fourth-order valence-corrected chi connectivity index (χ4v) is 2.74. The normalized spacial score (nSPS) is 13.9. The van der Waals surface area contributed by atoms with Gasteiger partial charge in [-0.25, -0.2) is 24.6 Å². The molecular weight excluding hydrogens is 296 g/mol. The van der Waals surface area contributed by atoms with Crippen molar-refractivity contribution in [3.63, 3.8) is 0 Å². The van der Waals surface area contributed by atoms with E-state index < -0.39 is 0 Å². The summed E-state index contributed by atoms with van der Waals surface area (Å²) in [5.74, 6) is 2.43. The maximum Gasteiger partial charge on any atom is 0.218 e. The zero-order valence-electron chi connectivity index (χ0n) is 12.7. The van der Waals surface area contributed by atoms with E-state index in [9.17, 15) is 0 Å². The number of methoxy groups -OCH3 is 1. The van der Waals surface area contributed by atoms with Crippen molar-refractivity contribution in [3.8, 4) is 5.88 Å². The highest BCUT2D eigenvalue weighted by Gasteiger charge is 2.21. The first-order valence-electron chi connectivity index (χ1n) is 7.30. The molecule has 0 radical (unpaired) electrons. The molecule has 0 aliphatic carbocycles. The summed E-state index contributed by atoms with van der Waals surface area (Å²) in [4.78, 5) is 19.1. The summed E-state index contributed by atoms with van der Waals surface area (Å²) in [6.07, 6.45) is 6.67. The molecule has 23 heavy (non-hydrogen) atoms. The maximum absolute atomic E-state index is 5.16. The third-order valence-electron chi connectivity index (χ3n) is 3.90. The molecule has 0 amide bonds. The highest BCUT2D eigenvalue weighted by atomic mass is 16.5. The van der Waals surface area contributed by atoms with Gasteiger partial charge in [-0.3, -0.25) is 0 Å². The number of hydrogen-bond acceptors (Lipinski definition) is 7. The van der Waals surface area contributed by atoms with Gasteiger partial charge in [0.05, 0.1) is 32.1 Å². The van der Waals surface area contributed by atoms with Gasteiger partial charge in [-0.2, -0.15) is 5.10 Å². The third kappa shape index (κ3) is 2.60. The van der Waals surface area contributed by atoms with Gasteiger partial charge in [-0.05, 0) is 0 Å². The third-order valence-corrected chi connectivity index (χ3v) is 3.90. The second-order valence-corrected chi connectivity index (χ2v) is 5.25. The van der Waals surface area contributed by atoms with Crippen molar-refractivity contribution in [2.45, 2.75) is 19.6 Å². The summed E-state index contributed by atoms with van der Waals surface area (Å²) in [7, 11) is 1.60. The van der Waals surface area contributed by atoms with Gasteiger partial charge in [0, 0.05) is 19.2 Å². The fraction of sp³-hybridized carbons (Fsp3) is 0.357. The number of ether oxygens (including phenoxy) is 1. The number of aromatic nitrogens is 7. The molecular formula is C14H16N8O. The second-order valence-electron chi connectivity index (χ2n) is 5.25. The van der Waals surface area contributed by atoms with E-state index in [1.54, 1.807) is 18.1 Å². The summed E-state index contributed by atoms with van der Waals surface area (Å²) in [5.41, 5.74) is 1.13. The fourth-order valence-electron chi connectivity index (χ4n) is 2.74. The van der Waals surface area contributed by atoms with Crippen molar-refractivity contribution in [1.29, 1.82) is 0 Å². The standard InChI is InChI=1S/C14H16N8O/c1-23-14-4-12(17-9-18-14)20-2-3-22-11(5-16-13(22)7-20)6-21-10-15-8-19-21/h4-5,8-10H,2-3,6-7H2,1H3. The van der Waals surface area contributed by atoms with E-state index in [0.717, 1.165) is 30.4 Å². The van der Waals surface area contributed by atoms with Gasteiger partial charge in [0.25, 0.3) is 0 Å². The lowest BCUT2D eigenvalue weighted by atomic mass is 10.3. The van der Waals surface area contributed by atoms with E-state index in [2.05, 4.69) is 34.5 Å². The Morgan fingerprint density at radius 2 is 2.13 bits per heavy atom. The molecule has 3 aromatic heterocycles. The van der Waals surface area contributed by atoms with Gasteiger partial charge in [0.15, 0.2) is 0 Å². The number of imidazole rings is 1. The molecule has 0 saturated carbocycles. The Bertz CT molecular complexity index is 797. The molecule has 9 nitrogen and oxygen atoms in total. The van der Waals surface area contributed by atoms with Crippen molar-refractivity contribution >= 4 is 5.82 Å². The number of fused-ring (bicyclic) bond motifs is 1. The van der Waals surface area contributed by atoms with E-state index in [0.29, 0.717) is 19.0 Å². The van der Waals surface area contributed by atoms with Crippen LogP contribution >= 0.6 is 0 Å². The van der Waals surface area contributed by atoms with Crippen LogP contribution in [-0.2, 0) is 19.6 Å². The predicted octanol–water partition coefficient (Wildman–Crippen LogP) is 0.342. The van der Waals surface area contributed by atoms with Crippen molar-refractivity contribution in [3.05, 3.63) is 42.8 Å². The molecule has 4 heterocycles. The molecule has 0 unspecified atom stereocenters. The number of rotatable bonds is 4. The number of hydrogen-bond donors (Lipinski definition) is 0. The minimum Gasteiger partial charge on any atom is -0.481 e. The van der Waals surface area contributed by atoms with Crippen LogP contribution in [0.5, 0.6) is 5.88 Å². The summed E-state index contributed by atoms with van der Waals surface area (Å²) < 4.78 is 9.19. The van der Waals surface area contributed by atoms with Crippen molar-refractivity contribution in [2.75, 3.05) is 18.6 Å². The second kappa shape index (κ2) is 5.67. The maximum atomic E-state index is 5.16. The van der Waals surface area contributed by atoms with Gasteiger partial charge >= 0.3 is 0 Å². The topological polar surface area (TPSA) is 86.8 Å². The zero-order chi connectivity index (χ0) is 15.6. The Balaban J connectivity index is 1.55. The van der Waals surface area contributed by atoms with Crippen LogP contribution in [0.25, 0.3) is 0 Å². The Labute approximate surface area is 132 Å². The van der Waals surface area contributed by atoms with Gasteiger partial charge in [0.1, 0.15) is 30.6 Å². The highest BCUT2D eigenvalue weighted by molar-refractivity contribution is 5.41. The van der Waals surface area contributed by atoms with Crippen LogP contribution in [0.3, 0.4) is 0 Å². The molecule has 0 bridgehead atoms. The summed E-state index contributed by atoms with van der Waals surface area (Å²) in [6.45, 7) is 3.09. The van der Waals surface area contributed by atoms with Crippen LogP contribution < -0.4 is 9.64 Å². The molecule has 0 aromatic carbocycles. The quantitative estimate of drug-likeness (QED) is 0.686. The first kappa shape index (κ1) is 13.7. The van der Waals surface area contributed by atoms with Gasteiger partial charge < -0.3 is 14.2 Å².